The summed E-state index contributed by atoms with van der Waals surface area (Å²) in [6.07, 6.45) is 1.64. The van der Waals surface area contributed by atoms with E-state index < -0.39 is 0 Å². The molecule has 2 heterocycles. The van der Waals surface area contributed by atoms with E-state index in [2.05, 4.69) is 10.3 Å². The summed E-state index contributed by atoms with van der Waals surface area (Å²) in [6, 6.07) is 12.1. The maximum atomic E-state index is 12.5. The summed E-state index contributed by atoms with van der Waals surface area (Å²) in [7, 11) is 0. The summed E-state index contributed by atoms with van der Waals surface area (Å²) in [5, 5.41) is 2.84. The molecule has 0 saturated carbocycles. The Kier molecular flexibility index (Phi) is 3.96. The Morgan fingerprint density at radius 3 is 2.50 bits per heavy atom. The molecule has 2 N–H and O–H groups in total. The molecule has 1 amide bonds. The molecule has 7 nitrogen and oxygen atoms in total. The number of hydrogen-bond donors (Lipinski definition) is 2. The molecule has 1 aromatic heterocycles. The van der Waals surface area contributed by atoms with E-state index in [-0.39, 0.29) is 11.6 Å². The van der Waals surface area contributed by atoms with E-state index in [9.17, 15) is 9.59 Å². The van der Waals surface area contributed by atoms with Gasteiger partial charge in [-0.2, -0.15) is 0 Å². The van der Waals surface area contributed by atoms with Crippen LogP contribution in [0.1, 0.15) is 16.1 Å². The Bertz CT molecular complexity index is 1020. The molecule has 0 atom stereocenters. The Labute approximate surface area is 149 Å². The number of H-pyrrole nitrogens is 1. The number of benzene rings is 2. The van der Waals surface area contributed by atoms with Gasteiger partial charge in [-0.1, -0.05) is 0 Å². The Morgan fingerprint density at radius 2 is 1.81 bits per heavy atom. The number of rotatable bonds is 3. The van der Waals surface area contributed by atoms with Crippen molar-refractivity contribution in [1.29, 1.82) is 0 Å². The van der Waals surface area contributed by atoms with Crippen LogP contribution in [0.4, 0.5) is 5.69 Å². The lowest BCUT2D eigenvalue weighted by Gasteiger charge is -2.19. The third kappa shape index (κ3) is 2.95. The predicted octanol–water partition coefficient (Wildman–Crippen LogP) is 2.50. The van der Waals surface area contributed by atoms with Gasteiger partial charge in [-0.15, -0.1) is 0 Å². The van der Waals surface area contributed by atoms with E-state index in [0.29, 0.717) is 41.7 Å². The van der Waals surface area contributed by atoms with Crippen molar-refractivity contribution in [1.82, 2.24) is 9.55 Å². The Morgan fingerprint density at radius 1 is 1.08 bits per heavy atom. The summed E-state index contributed by atoms with van der Waals surface area (Å²) in [4.78, 5) is 26.9. The first-order chi connectivity index (χ1) is 12.6. The highest BCUT2D eigenvalue weighted by Crippen LogP contribution is 2.32. The molecule has 0 radical (unpaired) electrons. The maximum absolute atomic E-state index is 12.5. The van der Waals surface area contributed by atoms with Crippen LogP contribution in [0.25, 0.3) is 5.69 Å². The highest BCUT2D eigenvalue weighted by atomic mass is 16.6. The van der Waals surface area contributed by atoms with Gasteiger partial charge >= 0.3 is 5.69 Å². The van der Waals surface area contributed by atoms with Gasteiger partial charge in [0, 0.05) is 29.2 Å². The minimum Gasteiger partial charge on any atom is -0.486 e. The number of aromatic amines is 1. The number of fused-ring (bicyclic) bond motifs is 1. The van der Waals surface area contributed by atoms with Crippen LogP contribution in [0.15, 0.2) is 53.5 Å². The fourth-order valence-corrected chi connectivity index (χ4v) is 2.86. The summed E-state index contributed by atoms with van der Waals surface area (Å²) < 4.78 is 12.5. The van der Waals surface area contributed by atoms with Crippen LogP contribution < -0.4 is 20.5 Å². The van der Waals surface area contributed by atoms with Gasteiger partial charge in [0.15, 0.2) is 11.5 Å². The van der Waals surface area contributed by atoms with Crippen molar-refractivity contribution in [2.45, 2.75) is 6.92 Å². The van der Waals surface area contributed by atoms with Gasteiger partial charge in [-0.05, 0) is 43.3 Å². The number of anilines is 1. The molecule has 0 fully saturated rings. The normalized spacial score (nSPS) is 12.7. The van der Waals surface area contributed by atoms with E-state index in [1.165, 1.54) is 0 Å². The second kappa shape index (κ2) is 6.44. The zero-order valence-electron chi connectivity index (χ0n) is 14.1. The Hall–Kier alpha value is -3.48. The molecule has 7 heteroatoms. The molecular formula is C19H17N3O4. The molecule has 132 valence electrons. The number of nitrogens with one attached hydrogen (secondary N) is 2. The maximum Gasteiger partial charge on any atom is 0.330 e. The lowest BCUT2D eigenvalue weighted by Crippen LogP contribution is -2.17. The fourth-order valence-electron chi connectivity index (χ4n) is 2.86. The average Bonchev–Trinajstić information content (AvgIpc) is 3.00. The lowest BCUT2D eigenvalue weighted by atomic mass is 10.1. The molecule has 3 aromatic rings. The van der Waals surface area contributed by atoms with Crippen molar-refractivity contribution in [2.75, 3.05) is 18.5 Å². The second-order valence-electron chi connectivity index (χ2n) is 5.93. The first kappa shape index (κ1) is 16.0. The number of aromatic nitrogens is 2. The quantitative estimate of drug-likeness (QED) is 0.759. The summed E-state index contributed by atoms with van der Waals surface area (Å²) >= 11 is 0. The van der Waals surface area contributed by atoms with Gasteiger partial charge in [-0.3, -0.25) is 9.36 Å². The van der Waals surface area contributed by atoms with E-state index >= 15 is 0 Å². The average molecular weight is 351 g/mol. The van der Waals surface area contributed by atoms with Gasteiger partial charge in [0.25, 0.3) is 5.91 Å². The van der Waals surface area contributed by atoms with Crippen LogP contribution in [0.2, 0.25) is 0 Å². The van der Waals surface area contributed by atoms with E-state index in [0.717, 1.165) is 5.69 Å². The van der Waals surface area contributed by atoms with Gasteiger partial charge in [0.1, 0.15) is 13.2 Å². The monoisotopic (exact) mass is 351 g/mol. The highest BCUT2D eigenvalue weighted by molar-refractivity contribution is 6.04. The van der Waals surface area contributed by atoms with Crippen LogP contribution >= 0.6 is 0 Å². The number of carbonyl (C=O) groups excluding carboxylic acids is 1. The molecule has 0 bridgehead atoms. The first-order valence-electron chi connectivity index (χ1n) is 8.20. The SMILES string of the molecule is Cc1c[nH]c(=O)n1-c1ccc(C(=O)Nc2ccc3c(c2)OCCO3)cc1. The largest absolute Gasteiger partial charge is 0.486 e. The zero-order valence-corrected chi connectivity index (χ0v) is 14.1. The van der Waals surface area contributed by atoms with Crippen molar-refractivity contribution in [3.63, 3.8) is 0 Å². The number of hydrogen-bond acceptors (Lipinski definition) is 4. The lowest BCUT2D eigenvalue weighted by molar-refractivity contribution is 0.102. The highest BCUT2D eigenvalue weighted by Gasteiger charge is 2.14. The third-order valence-electron chi connectivity index (χ3n) is 4.15. The van der Waals surface area contributed by atoms with E-state index in [4.69, 9.17) is 9.47 Å². The third-order valence-corrected chi connectivity index (χ3v) is 4.15. The molecule has 0 spiro atoms. The van der Waals surface area contributed by atoms with Crippen LogP contribution in [0.5, 0.6) is 11.5 Å². The standard InChI is InChI=1S/C19H17N3O4/c1-12-11-20-19(24)22(12)15-5-2-13(3-6-15)18(23)21-14-4-7-16-17(10-14)26-9-8-25-16/h2-7,10-11H,8-9H2,1H3,(H,20,24)(H,21,23). The van der Waals surface area contributed by atoms with Crippen molar-refractivity contribution < 1.29 is 14.3 Å². The molecule has 0 saturated heterocycles. The zero-order chi connectivity index (χ0) is 18.1. The molecule has 26 heavy (non-hydrogen) atoms. The van der Waals surface area contributed by atoms with Crippen LogP contribution in [-0.2, 0) is 0 Å². The fraction of sp³-hybridized carbons (Fsp3) is 0.158. The minimum absolute atomic E-state index is 0.212. The van der Waals surface area contributed by atoms with Crippen LogP contribution in [-0.4, -0.2) is 28.7 Å². The number of carbonyl (C=O) groups is 1. The molecule has 1 aliphatic heterocycles. The van der Waals surface area contributed by atoms with Gasteiger partial charge in [0.05, 0.1) is 5.69 Å². The van der Waals surface area contributed by atoms with E-state index in [1.807, 2.05) is 6.92 Å². The van der Waals surface area contributed by atoms with Crippen molar-refractivity contribution in [3.05, 3.63) is 70.4 Å². The first-order valence-corrected chi connectivity index (χ1v) is 8.20. The minimum atomic E-state index is -0.244. The Balaban J connectivity index is 1.53. The number of ether oxygens (including phenoxy) is 2. The van der Waals surface area contributed by atoms with Crippen molar-refractivity contribution in [3.8, 4) is 17.2 Å². The van der Waals surface area contributed by atoms with Gasteiger partial charge in [-0.25, -0.2) is 4.79 Å². The molecule has 0 aliphatic carbocycles. The number of imidazole rings is 1. The topological polar surface area (TPSA) is 85.4 Å². The molecule has 2 aromatic carbocycles. The number of aryl methyl sites for hydroxylation is 1. The van der Waals surface area contributed by atoms with Gasteiger partial charge in [0.2, 0.25) is 0 Å². The van der Waals surface area contributed by atoms with Crippen molar-refractivity contribution in [2.24, 2.45) is 0 Å². The summed E-state index contributed by atoms with van der Waals surface area (Å²) in [6.45, 7) is 2.85. The number of nitrogens with zero attached hydrogens (tertiary/aromatic N) is 1. The van der Waals surface area contributed by atoms with Crippen molar-refractivity contribution >= 4 is 11.6 Å². The molecule has 4 rings (SSSR count). The molecule has 1 aliphatic rings. The summed E-state index contributed by atoms with van der Waals surface area (Å²) in [5.74, 6) is 1.05. The molecule has 0 unspecified atom stereocenters. The predicted molar refractivity (Wildman–Crippen MR) is 96.5 cm³/mol. The van der Waals surface area contributed by atoms with Crippen LogP contribution in [0.3, 0.4) is 0 Å². The van der Waals surface area contributed by atoms with E-state index in [1.54, 1.807) is 53.2 Å². The number of amides is 1. The molecular weight excluding hydrogens is 334 g/mol. The second-order valence-corrected chi connectivity index (χ2v) is 5.93. The smallest absolute Gasteiger partial charge is 0.330 e. The van der Waals surface area contributed by atoms with Gasteiger partial charge < -0.3 is 19.8 Å². The summed E-state index contributed by atoms with van der Waals surface area (Å²) in [5.41, 5.74) is 2.40. The van der Waals surface area contributed by atoms with Crippen LogP contribution in [0, 0.1) is 6.92 Å².